The summed E-state index contributed by atoms with van der Waals surface area (Å²) in [6.07, 6.45) is 2.40. The third kappa shape index (κ3) is 4.45. The number of nitrogens with zero attached hydrogens (tertiary/aromatic N) is 3. The standard InChI is InChI=1S/C22H23FN4O2/c1-2-20-25-22(26-29-20)27-12-4-6-17(14-27)21(28)24-19-7-3-5-16(13-19)15-8-10-18(23)11-9-15/h3,5,7-11,13,17H,2,4,6,12,14H2,1H3,(H,24,28)/t17-/m0/s1. The van der Waals surface area contributed by atoms with Crippen LogP contribution in [0.2, 0.25) is 0 Å². The van der Waals surface area contributed by atoms with Crippen LogP contribution in [0.5, 0.6) is 0 Å². The first-order valence-electron chi connectivity index (χ1n) is 9.87. The lowest BCUT2D eigenvalue weighted by molar-refractivity contribution is -0.120. The molecule has 4 rings (SSSR count). The maximum atomic E-state index is 13.2. The van der Waals surface area contributed by atoms with Gasteiger partial charge in [0.05, 0.1) is 5.92 Å². The molecule has 0 unspecified atom stereocenters. The number of halogens is 1. The maximum Gasteiger partial charge on any atom is 0.266 e. The van der Waals surface area contributed by atoms with Crippen LogP contribution in [-0.2, 0) is 11.2 Å². The van der Waals surface area contributed by atoms with Gasteiger partial charge in [-0.05, 0) is 53.4 Å². The molecule has 0 aliphatic carbocycles. The van der Waals surface area contributed by atoms with Crippen molar-refractivity contribution in [3.05, 3.63) is 60.2 Å². The van der Waals surface area contributed by atoms with Gasteiger partial charge < -0.3 is 14.7 Å². The zero-order valence-electron chi connectivity index (χ0n) is 16.3. The molecule has 1 aromatic heterocycles. The van der Waals surface area contributed by atoms with Gasteiger partial charge in [-0.25, -0.2) is 4.39 Å². The summed E-state index contributed by atoms with van der Waals surface area (Å²) in [7, 11) is 0. The van der Waals surface area contributed by atoms with E-state index < -0.39 is 0 Å². The number of hydrogen-bond donors (Lipinski definition) is 1. The van der Waals surface area contributed by atoms with Gasteiger partial charge in [-0.2, -0.15) is 4.98 Å². The number of aromatic nitrogens is 2. The molecule has 7 heteroatoms. The number of hydrogen-bond acceptors (Lipinski definition) is 5. The third-order valence-electron chi connectivity index (χ3n) is 5.14. The highest BCUT2D eigenvalue weighted by Gasteiger charge is 2.28. The molecule has 0 saturated carbocycles. The molecule has 0 spiro atoms. The van der Waals surface area contributed by atoms with Crippen LogP contribution in [0.1, 0.15) is 25.7 Å². The Kier molecular flexibility index (Phi) is 5.55. The summed E-state index contributed by atoms with van der Waals surface area (Å²) in [6, 6.07) is 13.9. The molecule has 0 bridgehead atoms. The Balaban J connectivity index is 1.43. The Labute approximate surface area is 168 Å². The highest BCUT2D eigenvalue weighted by molar-refractivity contribution is 5.93. The normalized spacial score (nSPS) is 16.6. The van der Waals surface area contributed by atoms with Gasteiger partial charge in [-0.1, -0.05) is 31.2 Å². The summed E-state index contributed by atoms with van der Waals surface area (Å²) < 4.78 is 18.4. The second-order valence-corrected chi connectivity index (χ2v) is 7.20. The van der Waals surface area contributed by atoms with E-state index in [1.54, 1.807) is 12.1 Å². The zero-order valence-corrected chi connectivity index (χ0v) is 16.3. The first kappa shape index (κ1) is 19.1. The van der Waals surface area contributed by atoms with Gasteiger partial charge in [-0.15, -0.1) is 0 Å². The van der Waals surface area contributed by atoms with Crippen LogP contribution in [0.4, 0.5) is 16.0 Å². The summed E-state index contributed by atoms with van der Waals surface area (Å²) in [5.41, 5.74) is 2.55. The van der Waals surface area contributed by atoms with E-state index in [4.69, 9.17) is 4.52 Å². The van der Waals surface area contributed by atoms with Crippen LogP contribution in [-0.4, -0.2) is 29.1 Å². The number of piperidine rings is 1. The second kappa shape index (κ2) is 8.43. The number of carbonyl (C=O) groups is 1. The van der Waals surface area contributed by atoms with Gasteiger partial charge in [0.15, 0.2) is 0 Å². The third-order valence-corrected chi connectivity index (χ3v) is 5.14. The monoisotopic (exact) mass is 394 g/mol. The quantitative estimate of drug-likeness (QED) is 0.699. The topological polar surface area (TPSA) is 71.3 Å². The number of amides is 1. The van der Waals surface area contributed by atoms with Crippen LogP contribution in [0.3, 0.4) is 0 Å². The fourth-order valence-electron chi connectivity index (χ4n) is 3.55. The van der Waals surface area contributed by atoms with E-state index in [2.05, 4.69) is 15.5 Å². The van der Waals surface area contributed by atoms with Gasteiger partial charge in [0.2, 0.25) is 11.8 Å². The Morgan fingerprint density at radius 2 is 2.07 bits per heavy atom. The van der Waals surface area contributed by atoms with Gasteiger partial charge >= 0.3 is 0 Å². The average molecular weight is 394 g/mol. The predicted octanol–water partition coefficient (Wildman–Crippen LogP) is 4.29. The molecule has 1 aliphatic rings. The molecule has 2 heterocycles. The van der Waals surface area contributed by atoms with Crippen LogP contribution in [0.15, 0.2) is 53.1 Å². The van der Waals surface area contributed by atoms with Gasteiger partial charge in [0.1, 0.15) is 5.82 Å². The largest absolute Gasteiger partial charge is 0.337 e. The second-order valence-electron chi connectivity index (χ2n) is 7.20. The van der Waals surface area contributed by atoms with E-state index in [1.807, 2.05) is 36.1 Å². The van der Waals surface area contributed by atoms with Gasteiger partial charge in [-0.3, -0.25) is 4.79 Å². The molecule has 150 valence electrons. The molecule has 1 aliphatic heterocycles. The predicted molar refractivity (Wildman–Crippen MR) is 109 cm³/mol. The first-order valence-corrected chi connectivity index (χ1v) is 9.87. The number of carbonyl (C=O) groups excluding carboxylic acids is 1. The van der Waals surface area contributed by atoms with Crippen LogP contribution < -0.4 is 10.2 Å². The summed E-state index contributed by atoms with van der Waals surface area (Å²) in [4.78, 5) is 19.2. The van der Waals surface area contributed by atoms with Crippen LogP contribution in [0, 0.1) is 11.7 Å². The van der Waals surface area contributed by atoms with Crippen LogP contribution in [0.25, 0.3) is 11.1 Å². The van der Waals surface area contributed by atoms with Gasteiger partial charge in [0, 0.05) is 25.2 Å². The van der Waals surface area contributed by atoms with Crippen molar-refractivity contribution >= 4 is 17.5 Å². The van der Waals surface area contributed by atoms with Crippen molar-refractivity contribution in [3.8, 4) is 11.1 Å². The Morgan fingerprint density at radius 3 is 2.83 bits per heavy atom. The van der Waals surface area contributed by atoms with E-state index in [1.165, 1.54) is 12.1 Å². The number of benzene rings is 2. The fourth-order valence-corrected chi connectivity index (χ4v) is 3.55. The summed E-state index contributed by atoms with van der Waals surface area (Å²) in [6.45, 7) is 3.34. The molecular weight excluding hydrogens is 371 g/mol. The molecule has 6 nitrogen and oxygen atoms in total. The number of aryl methyl sites for hydroxylation is 1. The summed E-state index contributed by atoms with van der Waals surface area (Å²) in [5, 5.41) is 7.04. The van der Waals surface area contributed by atoms with E-state index in [0.29, 0.717) is 24.8 Å². The number of anilines is 2. The van der Waals surface area contributed by atoms with Crippen molar-refractivity contribution in [2.24, 2.45) is 5.92 Å². The number of rotatable bonds is 5. The van der Waals surface area contributed by atoms with E-state index in [0.717, 1.165) is 36.2 Å². The lowest BCUT2D eigenvalue weighted by Crippen LogP contribution is -2.41. The molecule has 1 atom stereocenters. The van der Waals surface area contributed by atoms with Crippen molar-refractivity contribution in [3.63, 3.8) is 0 Å². The van der Waals surface area contributed by atoms with Crippen molar-refractivity contribution < 1.29 is 13.7 Å². The number of nitrogens with one attached hydrogen (secondary N) is 1. The van der Waals surface area contributed by atoms with Crippen LogP contribution >= 0.6 is 0 Å². The Hall–Kier alpha value is -3.22. The minimum absolute atomic E-state index is 0.0230. The Morgan fingerprint density at radius 1 is 1.24 bits per heavy atom. The van der Waals surface area contributed by atoms with Crippen molar-refractivity contribution in [1.29, 1.82) is 0 Å². The SMILES string of the molecule is CCc1nc(N2CCC[C@H](C(=O)Nc3cccc(-c4ccc(F)cc4)c3)C2)no1. The minimum Gasteiger partial charge on any atom is -0.337 e. The molecule has 1 N–H and O–H groups in total. The van der Waals surface area contributed by atoms with E-state index >= 15 is 0 Å². The Bertz CT molecular complexity index is 986. The molecule has 0 radical (unpaired) electrons. The molecule has 29 heavy (non-hydrogen) atoms. The van der Waals surface area contributed by atoms with Crippen molar-refractivity contribution in [1.82, 2.24) is 10.1 Å². The van der Waals surface area contributed by atoms with E-state index in [9.17, 15) is 9.18 Å². The molecule has 3 aromatic rings. The summed E-state index contributed by atoms with van der Waals surface area (Å²) >= 11 is 0. The lowest BCUT2D eigenvalue weighted by Gasteiger charge is -2.30. The average Bonchev–Trinajstić information content (AvgIpc) is 3.24. The lowest BCUT2D eigenvalue weighted by atomic mass is 9.97. The van der Waals surface area contributed by atoms with Gasteiger partial charge in [0.25, 0.3) is 5.95 Å². The molecule has 1 amide bonds. The first-order chi connectivity index (χ1) is 14.1. The fraction of sp³-hybridized carbons (Fsp3) is 0.318. The molecule has 1 saturated heterocycles. The molecule has 2 aromatic carbocycles. The minimum atomic E-state index is -0.271. The summed E-state index contributed by atoms with van der Waals surface area (Å²) in [5.74, 6) is 0.710. The van der Waals surface area contributed by atoms with Crippen molar-refractivity contribution in [2.75, 3.05) is 23.3 Å². The highest BCUT2D eigenvalue weighted by Crippen LogP contribution is 2.25. The smallest absolute Gasteiger partial charge is 0.266 e. The zero-order chi connectivity index (χ0) is 20.2. The highest BCUT2D eigenvalue weighted by atomic mass is 19.1. The van der Waals surface area contributed by atoms with Crippen molar-refractivity contribution in [2.45, 2.75) is 26.2 Å². The maximum absolute atomic E-state index is 13.2. The molecular formula is C22H23FN4O2. The molecule has 1 fully saturated rings. The van der Waals surface area contributed by atoms with E-state index in [-0.39, 0.29) is 17.6 Å².